The molecule has 0 unspecified atom stereocenters. The van der Waals surface area contributed by atoms with Gasteiger partial charge in [0.05, 0.1) is 0 Å². The van der Waals surface area contributed by atoms with Crippen LogP contribution in [0.5, 0.6) is 0 Å². The molecule has 104 valence electrons. The van der Waals surface area contributed by atoms with Gasteiger partial charge >= 0.3 is 0 Å². The van der Waals surface area contributed by atoms with E-state index in [0.29, 0.717) is 11.6 Å². The van der Waals surface area contributed by atoms with E-state index in [9.17, 15) is 4.79 Å². The van der Waals surface area contributed by atoms with Gasteiger partial charge in [-0.2, -0.15) is 10.1 Å². The van der Waals surface area contributed by atoms with Crippen LogP contribution in [0.1, 0.15) is 18.4 Å². The maximum absolute atomic E-state index is 11.4. The van der Waals surface area contributed by atoms with Gasteiger partial charge in [0.1, 0.15) is 0 Å². The smallest absolute Gasteiger partial charge is 0.248 e. The van der Waals surface area contributed by atoms with Crippen LogP contribution in [0.3, 0.4) is 0 Å². The second-order valence-electron chi connectivity index (χ2n) is 4.40. The van der Waals surface area contributed by atoms with Crippen molar-refractivity contribution in [1.82, 2.24) is 5.01 Å². The Morgan fingerprint density at radius 3 is 2.95 bits per heavy atom. The largest absolute Gasteiger partial charge is 0.273 e. The molecule has 2 heterocycles. The molecule has 2 aliphatic rings. The lowest BCUT2D eigenvalue weighted by atomic mass is 10.2. The monoisotopic (exact) mass is 325 g/mol. The number of hydrogen-bond donors (Lipinski definition) is 0. The summed E-state index contributed by atoms with van der Waals surface area (Å²) >= 11 is 8.99. The lowest BCUT2D eigenvalue weighted by Crippen LogP contribution is -2.18. The highest BCUT2D eigenvalue weighted by Gasteiger charge is 2.26. The molecule has 0 spiro atoms. The lowest BCUT2D eigenvalue weighted by molar-refractivity contribution is -0.117. The number of benzene rings is 1. The molecular weight excluding hydrogens is 314 g/mol. The van der Waals surface area contributed by atoms with E-state index in [4.69, 9.17) is 11.6 Å². The van der Waals surface area contributed by atoms with Gasteiger partial charge in [-0.05, 0) is 35.9 Å². The minimum Gasteiger partial charge on any atom is -0.273 e. The molecular formula is C13H12ClN3OS2. The Bertz CT molecular complexity index is 586. The average molecular weight is 326 g/mol. The molecule has 1 amide bonds. The highest BCUT2D eigenvalue weighted by molar-refractivity contribution is 8.45. The van der Waals surface area contributed by atoms with E-state index in [1.165, 1.54) is 17.3 Å². The number of amidine groups is 1. The highest BCUT2D eigenvalue weighted by Crippen LogP contribution is 2.31. The van der Waals surface area contributed by atoms with Gasteiger partial charge in [0.15, 0.2) is 9.54 Å². The predicted octanol–water partition coefficient (Wildman–Crippen LogP) is 3.57. The van der Waals surface area contributed by atoms with Gasteiger partial charge in [0.2, 0.25) is 5.91 Å². The number of hydrazone groups is 1. The molecule has 0 radical (unpaired) electrons. The molecule has 0 bridgehead atoms. The van der Waals surface area contributed by atoms with Crippen molar-refractivity contribution in [3.8, 4) is 0 Å². The number of rotatable bonds is 2. The summed E-state index contributed by atoms with van der Waals surface area (Å²) in [4.78, 5) is 15.5. The fourth-order valence-corrected chi connectivity index (χ4v) is 3.93. The van der Waals surface area contributed by atoms with Crippen LogP contribution >= 0.6 is 35.1 Å². The van der Waals surface area contributed by atoms with E-state index in [1.54, 1.807) is 11.8 Å². The zero-order valence-corrected chi connectivity index (χ0v) is 13.0. The van der Waals surface area contributed by atoms with Crippen molar-refractivity contribution < 1.29 is 4.79 Å². The van der Waals surface area contributed by atoms with Gasteiger partial charge in [-0.1, -0.05) is 35.5 Å². The summed E-state index contributed by atoms with van der Waals surface area (Å²) in [6.45, 7) is 0.766. The average Bonchev–Trinajstić information content (AvgIpc) is 2.72. The minimum absolute atomic E-state index is 0.0471. The fraction of sp³-hybridized carbons (Fsp3) is 0.308. The van der Waals surface area contributed by atoms with Crippen LogP contribution in [0.4, 0.5) is 0 Å². The molecule has 3 rings (SSSR count). The van der Waals surface area contributed by atoms with E-state index >= 15 is 0 Å². The second kappa shape index (κ2) is 6.20. The normalized spacial score (nSPS) is 18.4. The summed E-state index contributed by atoms with van der Waals surface area (Å²) in [5.41, 5.74) is 1.20. The van der Waals surface area contributed by atoms with Gasteiger partial charge in [-0.25, -0.2) is 5.01 Å². The van der Waals surface area contributed by atoms with E-state index in [2.05, 4.69) is 10.1 Å². The van der Waals surface area contributed by atoms with Crippen LogP contribution in [-0.2, 0) is 10.5 Å². The van der Waals surface area contributed by atoms with Crippen molar-refractivity contribution in [3.05, 3.63) is 34.9 Å². The third kappa shape index (κ3) is 3.37. The molecule has 0 N–H and O–H groups in total. The number of hydrogen-bond acceptors (Lipinski definition) is 5. The Hall–Kier alpha value is -0.980. The van der Waals surface area contributed by atoms with Crippen molar-refractivity contribution in [2.75, 3.05) is 6.54 Å². The molecule has 0 saturated heterocycles. The number of carbonyl (C=O) groups is 1. The van der Waals surface area contributed by atoms with Crippen LogP contribution in [0.25, 0.3) is 0 Å². The third-order valence-corrected chi connectivity index (χ3v) is 5.26. The molecule has 20 heavy (non-hydrogen) atoms. The standard InChI is InChI=1S/C13H12ClN3OS2/c14-10-5-3-9(4-6-10)8-19-13-16-17-7-1-2-11(18)15-12(17)20-13/h3-6H,1-2,7-8H2. The third-order valence-electron chi connectivity index (χ3n) is 2.86. The molecule has 0 atom stereocenters. The molecule has 4 nitrogen and oxygen atoms in total. The number of thioether (sulfide) groups is 2. The molecule has 2 aliphatic heterocycles. The maximum atomic E-state index is 11.4. The molecule has 7 heteroatoms. The lowest BCUT2D eigenvalue weighted by Gasteiger charge is -2.08. The van der Waals surface area contributed by atoms with Gasteiger partial charge in [-0.3, -0.25) is 4.79 Å². The van der Waals surface area contributed by atoms with E-state index in [0.717, 1.165) is 28.1 Å². The first kappa shape index (κ1) is 14.0. The zero-order valence-electron chi connectivity index (χ0n) is 10.6. The quantitative estimate of drug-likeness (QED) is 0.834. The Labute approximate surface area is 130 Å². The van der Waals surface area contributed by atoms with Crippen LogP contribution in [0.2, 0.25) is 5.02 Å². The maximum Gasteiger partial charge on any atom is 0.248 e. The van der Waals surface area contributed by atoms with Gasteiger partial charge < -0.3 is 0 Å². The van der Waals surface area contributed by atoms with E-state index in [-0.39, 0.29) is 5.91 Å². The van der Waals surface area contributed by atoms with E-state index in [1.807, 2.05) is 29.3 Å². The van der Waals surface area contributed by atoms with Crippen molar-refractivity contribution in [2.24, 2.45) is 10.1 Å². The summed E-state index contributed by atoms with van der Waals surface area (Å²) in [7, 11) is 0. The number of nitrogens with zero attached hydrogens (tertiary/aromatic N) is 3. The van der Waals surface area contributed by atoms with Crippen LogP contribution in [0.15, 0.2) is 34.4 Å². The second-order valence-corrected chi connectivity index (χ2v) is 7.01. The van der Waals surface area contributed by atoms with Crippen LogP contribution < -0.4 is 0 Å². The Kier molecular flexibility index (Phi) is 4.33. The van der Waals surface area contributed by atoms with E-state index < -0.39 is 0 Å². The molecule has 1 aromatic carbocycles. The first-order chi connectivity index (χ1) is 9.70. The van der Waals surface area contributed by atoms with Crippen molar-refractivity contribution in [1.29, 1.82) is 0 Å². The highest BCUT2D eigenvalue weighted by atomic mass is 35.5. The SMILES string of the molecule is O=C1CCCN2N=C(SCc3ccc(Cl)cc3)SC2=N1. The Morgan fingerprint density at radius 1 is 1.35 bits per heavy atom. The summed E-state index contributed by atoms with van der Waals surface area (Å²) in [5, 5.41) is 7.79. The molecule has 0 aliphatic carbocycles. The number of amides is 1. The van der Waals surface area contributed by atoms with Gasteiger partial charge in [-0.15, -0.1) is 0 Å². The van der Waals surface area contributed by atoms with Crippen molar-refractivity contribution in [3.63, 3.8) is 0 Å². The zero-order chi connectivity index (χ0) is 13.9. The van der Waals surface area contributed by atoms with Crippen LogP contribution in [-0.4, -0.2) is 27.0 Å². The topological polar surface area (TPSA) is 45.0 Å². The molecule has 0 saturated carbocycles. The van der Waals surface area contributed by atoms with Gasteiger partial charge in [0, 0.05) is 23.7 Å². The van der Waals surface area contributed by atoms with Crippen LogP contribution in [0, 0.1) is 0 Å². The first-order valence-corrected chi connectivity index (χ1v) is 8.41. The predicted molar refractivity (Wildman–Crippen MR) is 86.2 cm³/mol. The van der Waals surface area contributed by atoms with Crippen molar-refractivity contribution in [2.45, 2.75) is 18.6 Å². The van der Waals surface area contributed by atoms with Crippen molar-refractivity contribution >= 4 is 50.6 Å². The molecule has 0 aromatic heterocycles. The number of aliphatic imine (C=N–C) groups is 1. The number of halogens is 1. The Morgan fingerprint density at radius 2 is 2.15 bits per heavy atom. The fourth-order valence-electron chi connectivity index (χ4n) is 1.85. The first-order valence-electron chi connectivity index (χ1n) is 6.23. The number of carbonyl (C=O) groups excluding carboxylic acids is 1. The summed E-state index contributed by atoms with van der Waals surface area (Å²) in [6.07, 6.45) is 1.33. The summed E-state index contributed by atoms with van der Waals surface area (Å²) in [5.74, 6) is 0.784. The summed E-state index contributed by atoms with van der Waals surface area (Å²) < 4.78 is 0.938. The van der Waals surface area contributed by atoms with Gasteiger partial charge in [0.25, 0.3) is 0 Å². The number of fused-ring (bicyclic) bond motifs is 1. The molecule has 0 fully saturated rings. The molecule has 1 aromatic rings. The minimum atomic E-state index is -0.0471. The summed E-state index contributed by atoms with van der Waals surface area (Å²) in [6, 6.07) is 7.79. The Balaban J connectivity index is 1.62.